The fraction of sp³-hybridized carbons (Fsp3) is 0.167. The number of hydrogen-bond donors (Lipinski definition) is 1. The number of rotatable bonds is 4. The molecule has 0 fully saturated rings. The average Bonchev–Trinajstić information content (AvgIpc) is 2.89. The maximum atomic E-state index is 12.2. The van der Waals surface area contributed by atoms with Gasteiger partial charge in [0.15, 0.2) is 0 Å². The number of hydrogen-bond acceptors (Lipinski definition) is 2. The zero-order valence-electron chi connectivity index (χ0n) is 12.5. The standard InChI is InChI=1S/C18H15Cl2NO2/c1-11-6-17-14(8-16(11)20)13(10-23-17)7-18(22)21-9-12-4-2-3-5-15(12)19/h2-6,8,10H,7,9H2,1H3,(H,21,22). The first-order valence-corrected chi connectivity index (χ1v) is 7.96. The van der Waals surface area contributed by atoms with Crippen LogP contribution in [0.25, 0.3) is 11.0 Å². The minimum Gasteiger partial charge on any atom is -0.464 e. The van der Waals surface area contributed by atoms with Crippen LogP contribution >= 0.6 is 23.2 Å². The van der Waals surface area contributed by atoms with Crippen molar-refractivity contribution in [2.75, 3.05) is 0 Å². The second-order valence-corrected chi connectivity index (χ2v) is 6.22. The molecule has 3 nitrogen and oxygen atoms in total. The second-order valence-electron chi connectivity index (χ2n) is 5.40. The molecular formula is C18H15Cl2NO2. The van der Waals surface area contributed by atoms with Crippen molar-refractivity contribution in [3.8, 4) is 0 Å². The lowest BCUT2D eigenvalue weighted by molar-refractivity contribution is -0.120. The summed E-state index contributed by atoms with van der Waals surface area (Å²) in [6.07, 6.45) is 1.84. The Hall–Kier alpha value is -1.97. The number of carbonyl (C=O) groups excluding carboxylic acids is 1. The maximum absolute atomic E-state index is 12.2. The average molecular weight is 348 g/mol. The van der Waals surface area contributed by atoms with Crippen LogP contribution in [0.4, 0.5) is 0 Å². The highest BCUT2D eigenvalue weighted by atomic mass is 35.5. The summed E-state index contributed by atoms with van der Waals surface area (Å²) < 4.78 is 5.51. The fourth-order valence-electron chi connectivity index (χ4n) is 2.41. The first-order chi connectivity index (χ1) is 11.0. The number of carbonyl (C=O) groups is 1. The lowest BCUT2D eigenvalue weighted by Crippen LogP contribution is -2.24. The predicted molar refractivity (Wildman–Crippen MR) is 93.0 cm³/mol. The Balaban J connectivity index is 1.71. The number of aryl methyl sites for hydroxylation is 1. The molecule has 0 aliphatic rings. The highest BCUT2D eigenvalue weighted by Gasteiger charge is 2.12. The van der Waals surface area contributed by atoms with E-state index >= 15 is 0 Å². The van der Waals surface area contributed by atoms with E-state index in [-0.39, 0.29) is 12.3 Å². The van der Waals surface area contributed by atoms with E-state index in [0.717, 1.165) is 27.7 Å². The van der Waals surface area contributed by atoms with Crippen LogP contribution in [-0.4, -0.2) is 5.91 Å². The largest absolute Gasteiger partial charge is 0.464 e. The van der Waals surface area contributed by atoms with Gasteiger partial charge >= 0.3 is 0 Å². The summed E-state index contributed by atoms with van der Waals surface area (Å²) in [4.78, 5) is 12.2. The van der Waals surface area contributed by atoms with Gasteiger partial charge in [0.05, 0.1) is 12.7 Å². The maximum Gasteiger partial charge on any atom is 0.224 e. The van der Waals surface area contributed by atoms with Gasteiger partial charge in [0.25, 0.3) is 0 Å². The summed E-state index contributed by atoms with van der Waals surface area (Å²) in [6.45, 7) is 2.31. The van der Waals surface area contributed by atoms with Gasteiger partial charge in [-0.25, -0.2) is 0 Å². The molecule has 1 N–H and O–H groups in total. The van der Waals surface area contributed by atoms with Crippen LogP contribution < -0.4 is 5.32 Å². The first kappa shape index (κ1) is 15.9. The predicted octanol–water partition coefficient (Wildman–Crippen LogP) is 4.91. The summed E-state index contributed by atoms with van der Waals surface area (Å²) in [5.74, 6) is -0.0932. The van der Waals surface area contributed by atoms with Gasteiger partial charge in [0.1, 0.15) is 5.58 Å². The Labute approximate surface area is 144 Å². The molecule has 0 aliphatic heterocycles. The Morgan fingerprint density at radius 1 is 1.13 bits per heavy atom. The topological polar surface area (TPSA) is 42.2 Å². The normalized spacial score (nSPS) is 10.9. The quantitative estimate of drug-likeness (QED) is 0.728. The number of amides is 1. The van der Waals surface area contributed by atoms with E-state index in [0.29, 0.717) is 16.6 Å². The summed E-state index contributed by atoms with van der Waals surface area (Å²) in [7, 11) is 0. The summed E-state index contributed by atoms with van der Waals surface area (Å²) >= 11 is 12.2. The van der Waals surface area contributed by atoms with Crippen LogP contribution in [-0.2, 0) is 17.8 Å². The highest BCUT2D eigenvalue weighted by Crippen LogP contribution is 2.28. The van der Waals surface area contributed by atoms with Crippen molar-refractivity contribution in [3.05, 3.63) is 69.4 Å². The van der Waals surface area contributed by atoms with Crippen molar-refractivity contribution in [1.82, 2.24) is 5.32 Å². The molecule has 1 aromatic heterocycles. The number of halogens is 2. The van der Waals surface area contributed by atoms with Gasteiger partial charge < -0.3 is 9.73 Å². The molecule has 0 aliphatic carbocycles. The fourth-order valence-corrected chi connectivity index (χ4v) is 2.78. The van der Waals surface area contributed by atoms with E-state index in [4.69, 9.17) is 27.6 Å². The Kier molecular flexibility index (Phi) is 4.60. The Morgan fingerprint density at radius 2 is 1.91 bits per heavy atom. The third-order valence-electron chi connectivity index (χ3n) is 3.72. The second kappa shape index (κ2) is 6.65. The van der Waals surface area contributed by atoms with Gasteiger partial charge in [0.2, 0.25) is 5.91 Å². The third kappa shape index (κ3) is 3.52. The molecule has 0 bridgehead atoms. The van der Waals surface area contributed by atoms with Crippen LogP contribution in [0.2, 0.25) is 10.0 Å². The van der Waals surface area contributed by atoms with Crippen molar-refractivity contribution < 1.29 is 9.21 Å². The monoisotopic (exact) mass is 347 g/mol. The molecule has 118 valence electrons. The van der Waals surface area contributed by atoms with E-state index in [1.165, 1.54) is 0 Å². The number of furan rings is 1. The molecule has 0 unspecified atom stereocenters. The lowest BCUT2D eigenvalue weighted by Gasteiger charge is -2.06. The van der Waals surface area contributed by atoms with Gasteiger partial charge in [0, 0.05) is 27.5 Å². The highest BCUT2D eigenvalue weighted by molar-refractivity contribution is 6.32. The molecule has 1 heterocycles. The molecule has 0 spiro atoms. The molecule has 1 amide bonds. The molecule has 2 aromatic carbocycles. The lowest BCUT2D eigenvalue weighted by atomic mass is 10.1. The van der Waals surface area contributed by atoms with Gasteiger partial charge in [-0.15, -0.1) is 0 Å². The zero-order chi connectivity index (χ0) is 16.4. The molecule has 23 heavy (non-hydrogen) atoms. The third-order valence-corrected chi connectivity index (χ3v) is 4.50. The van der Waals surface area contributed by atoms with Gasteiger partial charge in [-0.1, -0.05) is 41.4 Å². The van der Waals surface area contributed by atoms with Gasteiger partial charge in [-0.2, -0.15) is 0 Å². The van der Waals surface area contributed by atoms with Crippen molar-refractivity contribution in [3.63, 3.8) is 0 Å². The van der Waals surface area contributed by atoms with E-state index in [1.54, 1.807) is 12.3 Å². The first-order valence-electron chi connectivity index (χ1n) is 7.21. The van der Waals surface area contributed by atoms with Crippen molar-refractivity contribution in [1.29, 1.82) is 0 Å². The zero-order valence-corrected chi connectivity index (χ0v) is 14.0. The number of benzene rings is 2. The molecule has 0 saturated heterocycles. The number of fused-ring (bicyclic) bond motifs is 1. The van der Waals surface area contributed by atoms with Crippen LogP contribution in [0, 0.1) is 6.92 Å². The van der Waals surface area contributed by atoms with Crippen molar-refractivity contribution in [2.45, 2.75) is 19.9 Å². The van der Waals surface area contributed by atoms with Crippen LogP contribution in [0.1, 0.15) is 16.7 Å². The van der Waals surface area contributed by atoms with Gasteiger partial charge in [-0.3, -0.25) is 4.79 Å². The smallest absolute Gasteiger partial charge is 0.224 e. The van der Waals surface area contributed by atoms with Crippen molar-refractivity contribution in [2.24, 2.45) is 0 Å². The van der Waals surface area contributed by atoms with Gasteiger partial charge in [-0.05, 0) is 36.2 Å². The minimum atomic E-state index is -0.0932. The van der Waals surface area contributed by atoms with E-state index in [1.807, 2.05) is 37.3 Å². The van der Waals surface area contributed by atoms with Crippen LogP contribution in [0.5, 0.6) is 0 Å². The molecule has 0 radical (unpaired) electrons. The van der Waals surface area contributed by atoms with Crippen molar-refractivity contribution >= 4 is 40.1 Å². The molecule has 0 atom stereocenters. The van der Waals surface area contributed by atoms with E-state index < -0.39 is 0 Å². The van der Waals surface area contributed by atoms with E-state index in [9.17, 15) is 4.79 Å². The molecule has 5 heteroatoms. The minimum absolute atomic E-state index is 0.0932. The Bertz CT molecular complexity index is 871. The molecule has 3 aromatic rings. The van der Waals surface area contributed by atoms with Crippen LogP contribution in [0.15, 0.2) is 47.1 Å². The summed E-state index contributed by atoms with van der Waals surface area (Å²) in [5.41, 5.74) is 3.39. The SMILES string of the molecule is Cc1cc2occ(CC(=O)NCc3ccccc3Cl)c2cc1Cl. The number of nitrogens with one attached hydrogen (secondary N) is 1. The van der Waals surface area contributed by atoms with E-state index in [2.05, 4.69) is 5.32 Å². The summed E-state index contributed by atoms with van der Waals surface area (Å²) in [6, 6.07) is 11.2. The van der Waals surface area contributed by atoms with Crippen LogP contribution in [0.3, 0.4) is 0 Å². The molecule has 0 saturated carbocycles. The molecular weight excluding hydrogens is 333 g/mol. The Morgan fingerprint density at radius 3 is 2.70 bits per heavy atom. The summed E-state index contributed by atoms with van der Waals surface area (Å²) in [5, 5.41) is 5.05. The molecule has 3 rings (SSSR count).